The van der Waals surface area contributed by atoms with Crippen LogP contribution in [0.4, 0.5) is 4.79 Å². The molecular formula is C10H16BrN2O2+. The van der Waals surface area contributed by atoms with Gasteiger partial charge in [-0.15, -0.1) is 0 Å². The first-order valence-corrected chi connectivity index (χ1v) is 4.39. The first-order chi connectivity index (χ1) is 6.39. The number of amides is 1. The Balaban J connectivity index is 0.00000196. The minimum absolute atomic E-state index is 0. The summed E-state index contributed by atoms with van der Waals surface area (Å²) in [6.07, 6.45) is 3.35. The molecule has 0 saturated carbocycles. The molecule has 0 atom stereocenters. The van der Waals surface area contributed by atoms with Crippen molar-refractivity contribution in [2.75, 3.05) is 21.1 Å². The number of nitrogens with zero attached hydrogens (tertiary/aromatic N) is 2. The normalized spacial score (nSPS) is 10.4. The van der Waals surface area contributed by atoms with E-state index in [1.807, 2.05) is 23.9 Å². The van der Waals surface area contributed by atoms with Crippen molar-refractivity contribution in [1.29, 1.82) is 0 Å². The van der Waals surface area contributed by atoms with Gasteiger partial charge >= 0.3 is 6.09 Å². The molecule has 4 nitrogen and oxygen atoms in total. The summed E-state index contributed by atoms with van der Waals surface area (Å²) in [5.41, 5.74) is 0. The number of aryl methyl sites for hydroxylation is 1. The second-order valence-corrected chi connectivity index (χ2v) is 4.09. The van der Waals surface area contributed by atoms with Crippen LogP contribution >= 0.6 is 0 Å². The van der Waals surface area contributed by atoms with Gasteiger partial charge in [0.05, 0.1) is 21.1 Å². The maximum absolute atomic E-state index is 11.5. The zero-order chi connectivity index (χ0) is 10.8. The molecule has 0 aromatic carbocycles. The molecule has 1 heterocycles. The van der Waals surface area contributed by atoms with Crippen LogP contribution in [0.3, 0.4) is 0 Å². The number of halogens is 1. The zero-order valence-corrected chi connectivity index (χ0v) is 11.0. The minimum atomic E-state index is -0.281. The number of aromatic nitrogens is 1. The van der Waals surface area contributed by atoms with Crippen LogP contribution in [0.25, 0.3) is 0 Å². The summed E-state index contributed by atoms with van der Waals surface area (Å²) in [4.78, 5) is 11.5. The molecule has 5 heteroatoms. The van der Waals surface area contributed by atoms with Crippen LogP contribution in [0.1, 0.15) is 0 Å². The van der Waals surface area contributed by atoms with E-state index in [0.717, 1.165) is 0 Å². The zero-order valence-electron chi connectivity index (χ0n) is 9.40. The van der Waals surface area contributed by atoms with Gasteiger partial charge in [0.15, 0.2) is 11.9 Å². The molecule has 0 N–H and O–H groups in total. The quantitative estimate of drug-likeness (QED) is 0.427. The average molecular weight is 276 g/mol. The Bertz CT molecular complexity index is 348. The Morgan fingerprint density at radius 2 is 2.00 bits per heavy atom. The van der Waals surface area contributed by atoms with Gasteiger partial charge in [-0.05, 0) is 6.07 Å². The van der Waals surface area contributed by atoms with Gasteiger partial charge in [-0.1, -0.05) is 0 Å². The molecule has 0 aliphatic carbocycles. The van der Waals surface area contributed by atoms with E-state index >= 15 is 0 Å². The third kappa shape index (κ3) is 4.40. The maximum atomic E-state index is 11.5. The van der Waals surface area contributed by atoms with E-state index in [2.05, 4.69) is 0 Å². The van der Waals surface area contributed by atoms with E-state index in [1.54, 1.807) is 33.4 Å². The van der Waals surface area contributed by atoms with E-state index in [0.29, 0.717) is 5.75 Å². The highest BCUT2D eigenvalue weighted by atomic mass is 79.9. The Hall–Kier alpha value is -0.940. The van der Waals surface area contributed by atoms with Crippen molar-refractivity contribution in [1.82, 2.24) is 0 Å². The van der Waals surface area contributed by atoms with Crippen molar-refractivity contribution >= 4 is 6.09 Å². The number of quaternary nitrogens is 1. The van der Waals surface area contributed by atoms with E-state index in [-0.39, 0.29) is 27.6 Å². The van der Waals surface area contributed by atoms with Crippen molar-refractivity contribution < 1.29 is 35.6 Å². The second-order valence-electron chi connectivity index (χ2n) is 4.09. The van der Waals surface area contributed by atoms with Gasteiger partial charge in [0.1, 0.15) is 7.05 Å². The van der Waals surface area contributed by atoms with Gasteiger partial charge in [0.25, 0.3) is 0 Å². The Kier molecular flexibility index (Phi) is 4.90. The van der Waals surface area contributed by atoms with Gasteiger partial charge in [-0.3, -0.25) is 0 Å². The highest BCUT2D eigenvalue weighted by Crippen LogP contribution is 2.08. The van der Waals surface area contributed by atoms with Gasteiger partial charge in [0, 0.05) is 6.07 Å². The van der Waals surface area contributed by atoms with Crippen molar-refractivity contribution in [3.63, 3.8) is 0 Å². The van der Waals surface area contributed by atoms with Crippen molar-refractivity contribution in [2.45, 2.75) is 0 Å². The van der Waals surface area contributed by atoms with Crippen LogP contribution in [-0.4, -0.2) is 31.7 Å². The SMILES string of the molecule is C[n+]1cccc(OC(=O)[N+](C)(C)C)c1.[Br-]. The lowest BCUT2D eigenvalue weighted by Gasteiger charge is -2.18. The fraction of sp³-hybridized carbons (Fsp3) is 0.400. The summed E-state index contributed by atoms with van der Waals surface area (Å²) in [5.74, 6) is 0.563. The van der Waals surface area contributed by atoms with E-state index in [4.69, 9.17) is 4.74 Å². The number of carbonyl (C=O) groups excluding carboxylic acids is 1. The number of hydrogen-bond acceptors (Lipinski definition) is 2. The van der Waals surface area contributed by atoms with Crippen LogP contribution < -0.4 is 26.3 Å². The predicted molar refractivity (Wildman–Crippen MR) is 51.7 cm³/mol. The van der Waals surface area contributed by atoms with Crippen LogP contribution in [0, 0.1) is 0 Å². The second kappa shape index (κ2) is 5.23. The Morgan fingerprint density at radius 3 is 2.47 bits per heavy atom. The van der Waals surface area contributed by atoms with E-state index in [1.165, 1.54) is 0 Å². The topological polar surface area (TPSA) is 30.2 Å². The van der Waals surface area contributed by atoms with Gasteiger partial charge in [-0.2, -0.15) is 4.79 Å². The lowest BCUT2D eigenvalue weighted by molar-refractivity contribution is -0.793. The standard InChI is InChI=1S/C10H16N2O2.BrH/c1-11-7-5-6-9(8-11)14-10(13)12(2,3)4;/h5-8H,1-4H3;1H/q+2;/p-1. The molecule has 0 unspecified atom stereocenters. The van der Waals surface area contributed by atoms with Crippen LogP contribution in [0.5, 0.6) is 5.75 Å². The molecule has 0 spiro atoms. The number of hydrogen-bond donors (Lipinski definition) is 0. The summed E-state index contributed by atoms with van der Waals surface area (Å²) in [7, 11) is 7.19. The maximum Gasteiger partial charge on any atom is 0.521 e. The van der Waals surface area contributed by atoms with Crippen LogP contribution in [-0.2, 0) is 7.05 Å². The van der Waals surface area contributed by atoms with Crippen molar-refractivity contribution in [3.8, 4) is 5.75 Å². The minimum Gasteiger partial charge on any atom is -1.00 e. The molecule has 0 bridgehead atoms. The molecule has 84 valence electrons. The largest absolute Gasteiger partial charge is 1.00 e. The van der Waals surface area contributed by atoms with Gasteiger partial charge in [0.2, 0.25) is 6.20 Å². The molecule has 0 fully saturated rings. The average Bonchev–Trinajstić information content (AvgIpc) is 2.02. The third-order valence-corrected chi connectivity index (χ3v) is 1.67. The monoisotopic (exact) mass is 275 g/mol. The van der Waals surface area contributed by atoms with Gasteiger partial charge < -0.3 is 21.7 Å². The number of ether oxygens (including phenoxy) is 1. The smallest absolute Gasteiger partial charge is 0.521 e. The molecule has 1 aromatic heterocycles. The predicted octanol–water partition coefficient (Wildman–Crippen LogP) is -2.28. The molecule has 0 aliphatic rings. The first kappa shape index (κ1) is 14.1. The van der Waals surface area contributed by atoms with Crippen molar-refractivity contribution in [2.24, 2.45) is 7.05 Å². The molecule has 0 saturated heterocycles. The van der Waals surface area contributed by atoms with E-state index in [9.17, 15) is 4.79 Å². The molecule has 1 rings (SSSR count). The first-order valence-electron chi connectivity index (χ1n) is 4.39. The third-order valence-electron chi connectivity index (χ3n) is 1.67. The summed E-state index contributed by atoms with van der Waals surface area (Å²) in [6.45, 7) is 0. The lowest BCUT2D eigenvalue weighted by Crippen LogP contribution is -3.00. The molecule has 0 aliphatic heterocycles. The van der Waals surface area contributed by atoms with Crippen molar-refractivity contribution in [3.05, 3.63) is 24.5 Å². The van der Waals surface area contributed by atoms with Gasteiger partial charge in [-0.25, -0.2) is 9.05 Å². The van der Waals surface area contributed by atoms with Crippen LogP contribution in [0.15, 0.2) is 24.5 Å². The molecule has 1 amide bonds. The summed E-state index contributed by atoms with van der Waals surface area (Å²) >= 11 is 0. The highest BCUT2D eigenvalue weighted by Gasteiger charge is 2.23. The summed E-state index contributed by atoms with van der Waals surface area (Å²) in [6, 6.07) is 3.59. The molecule has 15 heavy (non-hydrogen) atoms. The highest BCUT2D eigenvalue weighted by molar-refractivity contribution is 5.62. The summed E-state index contributed by atoms with van der Waals surface area (Å²) in [5, 5.41) is 0. The molecule has 1 aromatic rings. The Labute approximate surface area is 100 Å². The number of carbonyl (C=O) groups is 1. The van der Waals surface area contributed by atoms with Crippen LogP contribution in [0.2, 0.25) is 0 Å². The van der Waals surface area contributed by atoms with E-state index < -0.39 is 0 Å². The lowest BCUT2D eigenvalue weighted by atomic mass is 10.4. The molecular weight excluding hydrogens is 260 g/mol. The fourth-order valence-electron chi connectivity index (χ4n) is 0.859. The molecule has 0 radical (unpaired) electrons. The fourth-order valence-corrected chi connectivity index (χ4v) is 0.859. The Morgan fingerprint density at radius 1 is 1.40 bits per heavy atom. The number of rotatable bonds is 1. The number of pyridine rings is 1. The summed E-state index contributed by atoms with van der Waals surface area (Å²) < 4.78 is 7.16.